The summed E-state index contributed by atoms with van der Waals surface area (Å²) in [5.74, 6) is 2.48. The predicted molar refractivity (Wildman–Crippen MR) is 95.4 cm³/mol. The Labute approximate surface area is 139 Å². The Balaban J connectivity index is 2.05. The predicted octanol–water partition coefficient (Wildman–Crippen LogP) is 5.63. The molecule has 1 aliphatic carbocycles. The average Bonchev–Trinajstić information content (AvgIpc) is 2.81. The van der Waals surface area contributed by atoms with E-state index in [-0.39, 0.29) is 0 Å². The average molecular weight is 328 g/mol. The maximum atomic E-state index is 6.11. The lowest BCUT2D eigenvalue weighted by Gasteiger charge is -2.42. The summed E-state index contributed by atoms with van der Waals surface area (Å²) in [5.41, 5.74) is 0.439. The van der Waals surface area contributed by atoms with E-state index >= 15 is 0 Å². The van der Waals surface area contributed by atoms with Crippen molar-refractivity contribution in [3.05, 3.63) is 21.3 Å². The molecule has 1 aromatic rings. The molecule has 1 N–H and O–H groups in total. The second kappa shape index (κ2) is 7.48. The molecule has 1 heterocycles. The van der Waals surface area contributed by atoms with Gasteiger partial charge in [-0.05, 0) is 74.1 Å². The summed E-state index contributed by atoms with van der Waals surface area (Å²) in [6.45, 7) is 11.7. The molecule has 0 amide bonds. The van der Waals surface area contributed by atoms with Gasteiger partial charge in [0.05, 0.1) is 4.34 Å². The summed E-state index contributed by atoms with van der Waals surface area (Å²) < 4.78 is 0.927. The molecule has 0 spiro atoms. The lowest BCUT2D eigenvalue weighted by Crippen LogP contribution is -2.37. The number of hydrogen-bond acceptors (Lipinski definition) is 2. The molecule has 1 nitrogen and oxygen atoms in total. The Kier molecular flexibility index (Phi) is 6.16. The molecule has 1 saturated carbocycles. The van der Waals surface area contributed by atoms with Gasteiger partial charge in [-0.1, -0.05) is 39.3 Å². The topological polar surface area (TPSA) is 12.0 Å². The van der Waals surface area contributed by atoms with Crippen molar-refractivity contribution in [1.82, 2.24) is 5.32 Å². The van der Waals surface area contributed by atoms with E-state index in [0.29, 0.717) is 5.41 Å². The minimum Gasteiger partial charge on any atom is -0.317 e. The summed E-state index contributed by atoms with van der Waals surface area (Å²) in [5, 5.41) is 3.57. The fraction of sp³-hybridized carbons (Fsp3) is 0.778. The summed E-state index contributed by atoms with van der Waals surface area (Å²) in [6, 6.07) is 4.27. The summed E-state index contributed by atoms with van der Waals surface area (Å²) in [4.78, 5) is 1.46. The molecule has 21 heavy (non-hydrogen) atoms. The first-order chi connectivity index (χ1) is 9.90. The van der Waals surface area contributed by atoms with E-state index < -0.39 is 0 Å². The van der Waals surface area contributed by atoms with Gasteiger partial charge in [-0.2, -0.15) is 0 Å². The van der Waals surface area contributed by atoms with Gasteiger partial charge in [-0.25, -0.2) is 0 Å². The summed E-state index contributed by atoms with van der Waals surface area (Å²) in [6.07, 6.45) is 5.34. The van der Waals surface area contributed by atoms with E-state index in [9.17, 15) is 0 Å². The second-order valence-corrected chi connectivity index (χ2v) is 9.41. The first-order valence-corrected chi connectivity index (χ1v) is 9.54. The Morgan fingerprint density at radius 3 is 2.57 bits per heavy atom. The molecule has 0 aliphatic heterocycles. The van der Waals surface area contributed by atoms with Crippen molar-refractivity contribution in [3.63, 3.8) is 0 Å². The van der Waals surface area contributed by atoms with Gasteiger partial charge in [0.2, 0.25) is 0 Å². The third kappa shape index (κ3) is 4.97. The van der Waals surface area contributed by atoms with Crippen LogP contribution in [-0.4, -0.2) is 13.1 Å². The molecule has 0 bridgehead atoms. The number of rotatable bonds is 5. The van der Waals surface area contributed by atoms with Crippen molar-refractivity contribution in [1.29, 1.82) is 0 Å². The zero-order chi connectivity index (χ0) is 15.5. The summed E-state index contributed by atoms with van der Waals surface area (Å²) in [7, 11) is 0. The minimum atomic E-state index is 0.439. The maximum absolute atomic E-state index is 6.11. The van der Waals surface area contributed by atoms with Crippen molar-refractivity contribution < 1.29 is 0 Å². The van der Waals surface area contributed by atoms with Gasteiger partial charge in [0, 0.05) is 4.88 Å². The Bertz CT molecular complexity index is 435. The van der Waals surface area contributed by atoms with Crippen molar-refractivity contribution in [3.8, 4) is 0 Å². The van der Waals surface area contributed by atoms with E-state index in [1.54, 1.807) is 11.3 Å². The smallest absolute Gasteiger partial charge is 0.0931 e. The van der Waals surface area contributed by atoms with E-state index in [1.807, 2.05) is 6.07 Å². The van der Waals surface area contributed by atoms with Gasteiger partial charge in [0.1, 0.15) is 0 Å². The van der Waals surface area contributed by atoms with Crippen LogP contribution in [0.2, 0.25) is 4.34 Å². The van der Waals surface area contributed by atoms with Gasteiger partial charge in [0.15, 0.2) is 0 Å². The van der Waals surface area contributed by atoms with Crippen LogP contribution < -0.4 is 5.32 Å². The molecule has 0 radical (unpaired) electrons. The SMILES string of the molecule is CCNCC1CCC(C(C)(C)C)CC1Cc1ccc(Cl)s1. The molecule has 2 rings (SSSR count). The largest absolute Gasteiger partial charge is 0.317 e. The van der Waals surface area contributed by atoms with Crippen LogP contribution in [0.3, 0.4) is 0 Å². The highest BCUT2D eigenvalue weighted by Crippen LogP contribution is 2.44. The van der Waals surface area contributed by atoms with Crippen LogP contribution in [0.25, 0.3) is 0 Å². The molecule has 3 heteroatoms. The molecule has 0 saturated heterocycles. The number of hydrogen-bond donors (Lipinski definition) is 1. The Morgan fingerprint density at radius 2 is 2.00 bits per heavy atom. The Morgan fingerprint density at radius 1 is 1.24 bits per heavy atom. The fourth-order valence-electron chi connectivity index (χ4n) is 3.68. The van der Waals surface area contributed by atoms with Gasteiger partial charge in [0.25, 0.3) is 0 Å². The van der Waals surface area contributed by atoms with Crippen LogP contribution in [-0.2, 0) is 6.42 Å². The molecule has 3 atom stereocenters. The van der Waals surface area contributed by atoms with Gasteiger partial charge < -0.3 is 5.32 Å². The monoisotopic (exact) mass is 327 g/mol. The lowest BCUT2D eigenvalue weighted by molar-refractivity contribution is 0.0978. The highest BCUT2D eigenvalue weighted by atomic mass is 35.5. The zero-order valence-corrected chi connectivity index (χ0v) is 15.5. The number of nitrogens with one attached hydrogen (secondary N) is 1. The highest BCUT2D eigenvalue weighted by Gasteiger charge is 2.35. The van der Waals surface area contributed by atoms with Gasteiger partial charge in [-0.3, -0.25) is 0 Å². The van der Waals surface area contributed by atoms with Crippen LogP contribution in [0.4, 0.5) is 0 Å². The van der Waals surface area contributed by atoms with Crippen molar-refractivity contribution in [2.24, 2.45) is 23.2 Å². The maximum Gasteiger partial charge on any atom is 0.0931 e. The van der Waals surface area contributed by atoms with Crippen LogP contribution in [0.5, 0.6) is 0 Å². The number of thiophene rings is 1. The first kappa shape index (κ1) is 17.3. The fourth-order valence-corrected chi connectivity index (χ4v) is 4.86. The third-order valence-corrected chi connectivity index (χ3v) is 6.37. The van der Waals surface area contributed by atoms with Crippen LogP contribution in [0.15, 0.2) is 12.1 Å². The summed E-state index contributed by atoms with van der Waals surface area (Å²) >= 11 is 7.87. The molecule has 1 aromatic heterocycles. The van der Waals surface area contributed by atoms with Crippen LogP contribution >= 0.6 is 22.9 Å². The minimum absolute atomic E-state index is 0.439. The van der Waals surface area contributed by atoms with E-state index in [2.05, 4.69) is 39.1 Å². The third-order valence-electron chi connectivity index (χ3n) is 5.11. The Hall–Kier alpha value is -0.0500. The number of halogens is 1. The van der Waals surface area contributed by atoms with Gasteiger partial charge in [-0.15, -0.1) is 11.3 Å². The van der Waals surface area contributed by atoms with Crippen LogP contribution in [0, 0.1) is 23.2 Å². The van der Waals surface area contributed by atoms with E-state index in [4.69, 9.17) is 11.6 Å². The van der Waals surface area contributed by atoms with E-state index in [0.717, 1.165) is 28.6 Å². The lowest BCUT2D eigenvalue weighted by atomic mass is 9.64. The van der Waals surface area contributed by atoms with E-state index in [1.165, 1.54) is 37.1 Å². The van der Waals surface area contributed by atoms with Crippen molar-refractivity contribution in [2.75, 3.05) is 13.1 Å². The second-order valence-electron chi connectivity index (χ2n) is 7.61. The molecule has 0 aromatic carbocycles. The zero-order valence-electron chi connectivity index (χ0n) is 13.9. The standard InChI is InChI=1S/C18H30ClNS/c1-5-20-12-13-6-7-15(18(2,3)4)10-14(13)11-16-8-9-17(19)21-16/h8-9,13-15,20H,5-7,10-12H2,1-4H3. The van der Waals surface area contributed by atoms with Gasteiger partial charge >= 0.3 is 0 Å². The normalized spacial score (nSPS) is 27.0. The molecule has 120 valence electrons. The molecule has 1 fully saturated rings. The highest BCUT2D eigenvalue weighted by molar-refractivity contribution is 7.16. The molecular formula is C18H30ClNS. The van der Waals surface area contributed by atoms with Crippen molar-refractivity contribution in [2.45, 2.75) is 53.4 Å². The quantitative estimate of drug-likeness (QED) is 0.738. The van der Waals surface area contributed by atoms with Crippen LogP contribution in [0.1, 0.15) is 51.8 Å². The molecule has 3 unspecified atom stereocenters. The molecular weight excluding hydrogens is 298 g/mol. The van der Waals surface area contributed by atoms with Crippen molar-refractivity contribution >= 4 is 22.9 Å². The first-order valence-electron chi connectivity index (χ1n) is 8.35. The molecule has 1 aliphatic rings.